The predicted octanol–water partition coefficient (Wildman–Crippen LogP) is 0.644. The highest BCUT2D eigenvalue weighted by molar-refractivity contribution is 5.77. The van der Waals surface area contributed by atoms with Gasteiger partial charge in [-0.1, -0.05) is 0 Å². The topological polar surface area (TPSA) is 134 Å². The SMILES string of the molecule is COCCNC(=O)COc1ccc([N+](=O)[O-])cc1[N+](=O)[O-]. The first-order valence-corrected chi connectivity index (χ1v) is 5.77. The highest BCUT2D eigenvalue weighted by Crippen LogP contribution is 2.30. The first-order chi connectivity index (χ1) is 9.95. The van der Waals surface area contributed by atoms with Crippen LogP contribution < -0.4 is 10.1 Å². The second-order valence-electron chi connectivity index (χ2n) is 3.80. The fourth-order valence-electron chi connectivity index (χ4n) is 1.37. The van der Waals surface area contributed by atoms with Crippen molar-refractivity contribution in [1.82, 2.24) is 5.32 Å². The van der Waals surface area contributed by atoms with Crippen LogP contribution in [-0.4, -0.2) is 42.6 Å². The maximum absolute atomic E-state index is 11.4. The Morgan fingerprint density at radius 3 is 2.57 bits per heavy atom. The number of rotatable bonds is 8. The fraction of sp³-hybridized carbons (Fsp3) is 0.364. The van der Waals surface area contributed by atoms with Crippen LogP contribution >= 0.6 is 0 Å². The number of carbonyl (C=O) groups is 1. The van der Waals surface area contributed by atoms with Gasteiger partial charge in [0, 0.05) is 19.7 Å². The monoisotopic (exact) mass is 299 g/mol. The molecule has 0 saturated carbocycles. The number of ether oxygens (including phenoxy) is 2. The zero-order valence-electron chi connectivity index (χ0n) is 11.1. The van der Waals surface area contributed by atoms with Gasteiger partial charge in [-0.25, -0.2) is 0 Å². The van der Waals surface area contributed by atoms with E-state index in [9.17, 15) is 25.0 Å². The standard InChI is InChI=1S/C11H13N3O7/c1-20-5-4-12-11(15)7-21-10-3-2-8(13(16)17)6-9(10)14(18)19/h2-3,6H,4-5,7H2,1H3,(H,12,15). The Morgan fingerprint density at radius 2 is 2.00 bits per heavy atom. The third-order valence-electron chi connectivity index (χ3n) is 2.34. The summed E-state index contributed by atoms with van der Waals surface area (Å²) in [5.41, 5.74) is -1.01. The molecule has 10 heteroatoms. The van der Waals surface area contributed by atoms with Crippen LogP contribution in [0.2, 0.25) is 0 Å². The van der Waals surface area contributed by atoms with Crippen molar-refractivity contribution in [1.29, 1.82) is 0 Å². The zero-order valence-corrected chi connectivity index (χ0v) is 11.1. The summed E-state index contributed by atoms with van der Waals surface area (Å²) < 4.78 is 9.74. The van der Waals surface area contributed by atoms with Crippen LogP contribution in [0.5, 0.6) is 5.75 Å². The molecule has 0 radical (unpaired) electrons. The van der Waals surface area contributed by atoms with Gasteiger partial charge in [-0.3, -0.25) is 25.0 Å². The first-order valence-electron chi connectivity index (χ1n) is 5.77. The van der Waals surface area contributed by atoms with E-state index in [1.807, 2.05) is 0 Å². The van der Waals surface area contributed by atoms with Crippen LogP contribution in [0.15, 0.2) is 18.2 Å². The quantitative estimate of drug-likeness (QED) is 0.423. The first kappa shape index (κ1) is 16.3. The third kappa shape index (κ3) is 5.03. The van der Waals surface area contributed by atoms with Gasteiger partial charge >= 0.3 is 5.69 Å². The molecule has 0 spiro atoms. The van der Waals surface area contributed by atoms with Crippen LogP contribution in [0, 0.1) is 20.2 Å². The molecule has 1 aromatic rings. The summed E-state index contributed by atoms with van der Waals surface area (Å²) in [6.45, 7) is 0.160. The smallest absolute Gasteiger partial charge is 0.317 e. The molecule has 1 amide bonds. The molecule has 0 unspecified atom stereocenters. The van der Waals surface area contributed by atoms with Crippen molar-refractivity contribution in [3.05, 3.63) is 38.4 Å². The van der Waals surface area contributed by atoms with Crippen LogP contribution in [0.4, 0.5) is 11.4 Å². The highest BCUT2D eigenvalue weighted by Gasteiger charge is 2.21. The number of nitro benzene ring substituents is 2. The Labute approximate surface area is 119 Å². The molecule has 1 N–H and O–H groups in total. The number of nitrogens with zero attached hydrogens (tertiary/aromatic N) is 2. The van der Waals surface area contributed by atoms with E-state index in [-0.39, 0.29) is 12.3 Å². The van der Waals surface area contributed by atoms with Gasteiger partial charge in [0.05, 0.1) is 22.5 Å². The molecule has 114 valence electrons. The Hall–Kier alpha value is -2.75. The van der Waals surface area contributed by atoms with Crippen molar-refractivity contribution in [3.8, 4) is 5.75 Å². The molecule has 1 aromatic carbocycles. The number of hydrogen-bond acceptors (Lipinski definition) is 7. The molecule has 0 aliphatic heterocycles. The van der Waals surface area contributed by atoms with E-state index in [4.69, 9.17) is 9.47 Å². The lowest BCUT2D eigenvalue weighted by Gasteiger charge is -2.07. The van der Waals surface area contributed by atoms with Gasteiger partial charge in [0.2, 0.25) is 0 Å². The third-order valence-corrected chi connectivity index (χ3v) is 2.34. The van der Waals surface area contributed by atoms with E-state index >= 15 is 0 Å². The summed E-state index contributed by atoms with van der Waals surface area (Å²) in [6.07, 6.45) is 0. The zero-order chi connectivity index (χ0) is 15.8. The average Bonchev–Trinajstić information content (AvgIpc) is 2.45. The molecule has 0 atom stereocenters. The van der Waals surface area contributed by atoms with Gasteiger partial charge in [-0.15, -0.1) is 0 Å². The van der Waals surface area contributed by atoms with Gasteiger partial charge in [0.1, 0.15) is 0 Å². The molecule has 0 fully saturated rings. The summed E-state index contributed by atoms with van der Waals surface area (Å²) in [6, 6.07) is 2.92. The average molecular weight is 299 g/mol. The van der Waals surface area contributed by atoms with Crippen LogP contribution in [0.3, 0.4) is 0 Å². The molecule has 1 rings (SSSR count). The number of amides is 1. The summed E-state index contributed by atoms with van der Waals surface area (Å²) >= 11 is 0. The Morgan fingerprint density at radius 1 is 1.29 bits per heavy atom. The molecule has 21 heavy (non-hydrogen) atoms. The maximum atomic E-state index is 11.4. The van der Waals surface area contributed by atoms with Gasteiger partial charge in [-0.05, 0) is 6.07 Å². The number of methoxy groups -OCH3 is 1. The lowest BCUT2D eigenvalue weighted by Crippen LogP contribution is -2.31. The second-order valence-corrected chi connectivity index (χ2v) is 3.80. The largest absolute Gasteiger partial charge is 0.477 e. The Bertz CT molecular complexity index is 547. The van der Waals surface area contributed by atoms with Gasteiger partial charge in [-0.2, -0.15) is 0 Å². The Kier molecular flexibility index (Phi) is 6.01. The van der Waals surface area contributed by atoms with Crippen molar-refractivity contribution < 1.29 is 24.1 Å². The van der Waals surface area contributed by atoms with Crippen molar-refractivity contribution in [2.75, 3.05) is 26.9 Å². The number of non-ortho nitro benzene ring substituents is 1. The van der Waals surface area contributed by atoms with E-state index in [0.29, 0.717) is 6.61 Å². The summed E-state index contributed by atoms with van der Waals surface area (Å²) in [5, 5.41) is 23.9. The molecule has 0 heterocycles. The number of benzene rings is 1. The van der Waals surface area contributed by atoms with Crippen molar-refractivity contribution in [3.63, 3.8) is 0 Å². The van der Waals surface area contributed by atoms with Crippen molar-refractivity contribution in [2.24, 2.45) is 0 Å². The highest BCUT2D eigenvalue weighted by atomic mass is 16.6. The molecular formula is C11H13N3O7. The molecule has 10 nitrogen and oxygen atoms in total. The number of nitro groups is 2. The lowest BCUT2D eigenvalue weighted by atomic mass is 10.2. The maximum Gasteiger partial charge on any atom is 0.317 e. The van der Waals surface area contributed by atoms with E-state index in [1.165, 1.54) is 7.11 Å². The fourth-order valence-corrected chi connectivity index (χ4v) is 1.37. The summed E-state index contributed by atoms with van der Waals surface area (Å²) in [7, 11) is 1.48. The van der Waals surface area contributed by atoms with Gasteiger partial charge in [0.25, 0.3) is 11.6 Å². The molecule has 0 saturated heterocycles. The van der Waals surface area contributed by atoms with Gasteiger partial charge < -0.3 is 14.8 Å². The van der Waals surface area contributed by atoms with Crippen molar-refractivity contribution >= 4 is 17.3 Å². The molecule has 0 bridgehead atoms. The van der Waals surface area contributed by atoms with Crippen LogP contribution in [0.25, 0.3) is 0 Å². The normalized spacial score (nSPS) is 9.95. The number of nitrogens with one attached hydrogen (secondary N) is 1. The summed E-state index contributed by atoms with van der Waals surface area (Å²) in [4.78, 5) is 31.2. The van der Waals surface area contributed by atoms with Crippen LogP contribution in [0.1, 0.15) is 0 Å². The van der Waals surface area contributed by atoms with E-state index in [2.05, 4.69) is 5.32 Å². The van der Waals surface area contributed by atoms with Crippen LogP contribution in [-0.2, 0) is 9.53 Å². The molecule has 0 aliphatic carbocycles. The minimum Gasteiger partial charge on any atom is -0.477 e. The Balaban J connectivity index is 2.72. The van der Waals surface area contributed by atoms with E-state index < -0.39 is 33.7 Å². The van der Waals surface area contributed by atoms with E-state index in [1.54, 1.807) is 0 Å². The second kappa shape index (κ2) is 7.75. The van der Waals surface area contributed by atoms with Crippen molar-refractivity contribution in [2.45, 2.75) is 0 Å². The number of carbonyl (C=O) groups excluding carboxylic acids is 1. The number of hydrogen-bond donors (Lipinski definition) is 1. The predicted molar refractivity (Wildman–Crippen MR) is 70.1 cm³/mol. The summed E-state index contributed by atoms with van der Waals surface area (Å²) in [5.74, 6) is -0.702. The minimum atomic E-state index is -0.814. The minimum absolute atomic E-state index is 0.215. The lowest BCUT2D eigenvalue weighted by molar-refractivity contribution is -0.394. The molecular weight excluding hydrogens is 286 g/mol. The van der Waals surface area contributed by atoms with Gasteiger partial charge in [0.15, 0.2) is 12.4 Å². The molecule has 0 aromatic heterocycles. The molecule has 0 aliphatic rings. The van der Waals surface area contributed by atoms with E-state index in [0.717, 1.165) is 18.2 Å².